The predicted molar refractivity (Wildman–Crippen MR) is 147 cm³/mol. The molecular weight excluding hydrogens is 478 g/mol. The van der Waals surface area contributed by atoms with E-state index in [2.05, 4.69) is 26.1 Å². The van der Waals surface area contributed by atoms with E-state index in [4.69, 9.17) is 14.2 Å². The average molecular weight is 534 g/mol. The van der Waals surface area contributed by atoms with Gasteiger partial charge in [0.15, 0.2) is 6.29 Å². The van der Waals surface area contributed by atoms with Crippen molar-refractivity contribution in [2.24, 2.45) is 45.3 Å². The number of hydrogen-bond acceptors (Lipinski definition) is 6. The molecule has 2 spiro atoms. The lowest BCUT2D eigenvalue weighted by atomic mass is 9.46. The summed E-state index contributed by atoms with van der Waals surface area (Å²) in [6.07, 6.45) is 11.9. The zero-order valence-corrected chi connectivity index (χ0v) is 24.5. The van der Waals surface area contributed by atoms with Crippen LogP contribution in [-0.4, -0.2) is 66.2 Å². The molecule has 2 heterocycles. The maximum Gasteiger partial charge on any atom is 0.170 e. The van der Waals surface area contributed by atoms with E-state index in [1.807, 2.05) is 0 Å². The minimum absolute atomic E-state index is 0. The summed E-state index contributed by atoms with van der Waals surface area (Å²) in [6.45, 7) is 13.5. The van der Waals surface area contributed by atoms with E-state index in [1.165, 1.54) is 44.9 Å². The van der Waals surface area contributed by atoms with Crippen molar-refractivity contribution >= 4 is 0 Å². The molecular formula is C32H55NO5. The molecule has 2 aliphatic heterocycles. The summed E-state index contributed by atoms with van der Waals surface area (Å²) in [5, 5.41) is 24.7. The van der Waals surface area contributed by atoms with Gasteiger partial charge in [0.25, 0.3) is 0 Å². The Morgan fingerprint density at radius 3 is 2.50 bits per heavy atom. The minimum atomic E-state index is -1.12. The first-order valence-corrected chi connectivity index (χ1v) is 16.0. The molecule has 6 heteroatoms. The highest BCUT2D eigenvalue weighted by Crippen LogP contribution is 2.87. The van der Waals surface area contributed by atoms with Crippen LogP contribution in [0.1, 0.15) is 100 Å². The molecule has 7 fully saturated rings. The Hall–Kier alpha value is -0.240. The van der Waals surface area contributed by atoms with Crippen molar-refractivity contribution in [1.29, 1.82) is 0 Å². The summed E-state index contributed by atoms with van der Waals surface area (Å²) in [5.74, 6) is 2.91. The van der Waals surface area contributed by atoms with Crippen LogP contribution < -0.4 is 5.32 Å². The summed E-state index contributed by atoms with van der Waals surface area (Å²) in [6, 6.07) is 0. The number of aliphatic hydroxyl groups is 2. The molecule has 7 aliphatic rings. The Balaban J connectivity index is 0.00000277. The maximum atomic E-state index is 10.8. The lowest BCUT2D eigenvalue weighted by Gasteiger charge is -2.60. The lowest BCUT2D eigenvalue weighted by Crippen LogP contribution is -2.56. The van der Waals surface area contributed by atoms with Gasteiger partial charge in [-0.2, -0.15) is 0 Å². The number of morpholine rings is 1. The van der Waals surface area contributed by atoms with Gasteiger partial charge in [-0.3, -0.25) is 0 Å². The number of aliphatic hydroxyl groups excluding tert-OH is 1. The van der Waals surface area contributed by atoms with E-state index < -0.39 is 11.7 Å². The number of rotatable bonds is 4. The van der Waals surface area contributed by atoms with Crippen LogP contribution in [0.25, 0.3) is 0 Å². The second kappa shape index (κ2) is 8.64. The van der Waals surface area contributed by atoms with E-state index in [-0.39, 0.29) is 31.4 Å². The molecule has 0 radical (unpaired) electrons. The Labute approximate surface area is 231 Å². The van der Waals surface area contributed by atoms with Gasteiger partial charge in [0.05, 0.1) is 30.5 Å². The molecule has 5 saturated carbocycles. The van der Waals surface area contributed by atoms with Crippen LogP contribution >= 0.6 is 0 Å². The standard InChI is InChI=1S/C32H53NO5.H2/c1-28(2)24-9-7-19-21-16-23-20(6-8-22(37-23)27(34)29(3,4)35)30(21,5)12-13-31(19)18-32(24,31)11-10-25(28)38-26-17-33-14-15-36-26;/h19-27,33-35H,6-18H2,1-5H3;1H/t19?,20?,21?,22?,23?,24?,25-,26?,27-,30+,31-,32?;/m0./s1. The van der Waals surface area contributed by atoms with Crippen molar-refractivity contribution in [2.75, 3.05) is 19.7 Å². The first kappa shape index (κ1) is 26.6. The third kappa shape index (κ3) is 3.59. The molecule has 38 heavy (non-hydrogen) atoms. The predicted octanol–water partition coefficient (Wildman–Crippen LogP) is 4.90. The van der Waals surface area contributed by atoms with Crippen LogP contribution in [0.2, 0.25) is 0 Å². The van der Waals surface area contributed by atoms with Gasteiger partial charge in [-0.05, 0) is 123 Å². The van der Waals surface area contributed by atoms with Gasteiger partial charge in [-0.25, -0.2) is 0 Å². The first-order chi connectivity index (χ1) is 17.9. The highest BCUT2D eigenvalue weighted by molar-refractivity contribution is 5.29. The van der Waals surface area contributed by atoms with Crippen LogP contribution in [0.4, 0.5) is 0 Å². The second-order valence-corrected chi connectivity index (χ2v) is 16.1. The molecule has 218 valence electrons. The molecule has 0 aromatic heterocycles. The smallest absolute Gasteiger partial charge is 0.170 e. The zero-order valence-electron chi connectivity index (χ0n) is 24.5. The summed E-state index contributed by atoms with van der Waals surface area (Å²) >= 11 is 0. The fraction of sp³-hybridized carbons (Fsp3) is 1.00. The van der Waals surface area contributed by atoms with E-state index >= 15 is 0 Å². The van der Waals surface area contributed by atoms with Crippen LogP contribution in [0.15, 0.2) is 0 Å². The Kier molecular flexibility index (Phi) is 6.06. The number of ether oxygens (including phenoxy) is 3. The number of nitrogens with one attached hydrogen (secondary N) is 1. The monoisotopic (exact) mass is 533 g/mol. The van der Waals surface area contributed by atoms with Crippen LogP contribution in [0.5, 0.6) is 0 Å². The highest BCUT2D eigenvalue weighted by Gasteiger charge is 2.80. The van der Waals surface area contributed by atoms with Gasteiger partial charge in [0, 0.05) is 14.5 Å². The van der Waals surface area contributed by atoms with Crippen molar-refractivity contribution < 1.29 is 25.9 Å². The second-order valence-electron chi connectivity index (χ2n) is 16.1. The normalized spacial score (nSPS) is 54.1. The fourth-order valence-corrected chi connectivity index (χ4v) is 12.0. The Bertz CT molecular complexity index is 934. The molecule has 0 amide bonds. The van der Waals surface area contributed by atoms with E-state index in [0.29, 0.717) is 22.2 Å². The van der Waals surface area contributed by atoms with E-state index in [9.17, 15) is 10.2 Å². The Morgan fingerprint density at radius 1 is 0.974 bits per heavy atom. The van der Waals surface area contributed by atoms with Crippen LogP contribution in [-0.2, 0) is 14.2 Å². The van der Waals surface area contributed by atoms with Gasteiger partial charge < -0.3 is 29.7 Å². The van der Waals surface area contributed by atoms with Gasteiger partial charge >= 0.3 is 0 Å². The van der Waals surface area contributed by atoms with E-state index in [0.717, 1.165) is 56.7 Å². The summed E-state index contributed by atoms with van der Waals surface area (Å²) in [7, 11) is 0. The fourth-order valence-electron chi connectivity index (χ4n) is 12.0. The average Bonchev–Trinajstić information content (AvgIpc) is 3.45. The molecule has 2 saturated heterocycles. The molecule has 8 unspecified atom stereocenters. The molecule has 3 N–H and O–H groups in total. The summed E-state index contributed by atoms with van der Waals surface area (Å²) < 4.78 is 19.3. The van der Waals surface area contributed by atoms with Crippen molar-refractivity contribution in [3.8, 4) is 0 Å². The van der Waals surface area contributed by atoms with Crippen molar-refractivity contribution in [1.82, 2.24) is 5.32 Å². The van der Waals surface area contributed by atoms with Gasteiger partial charge in [0.1, 0.15) is 6.10 Å². The van der Waals surface area contributed by atoms with Crippen LogP contribution in [0, 0.1) is 45.3 Å². The van der Waals surface area contributed by atoms with Crippen molar-refractivity contribution in [3.05, 3.63) is 0 Å². The molecule has 0 aromatic rings. The van der Waals surface area contributed by atoms with E-state index in [1.54, 1.807) is 13.8 Å². The van der Waals surface area contributed by atoms with Gasteiger partial charge in [-0.15, -0.1) is 0 Å². The molecule has 0 bridgehead atoms. The first-order valence-electron chi connectivity index (χ1n) is 16.0. The SMILES string of the molecule is CC(C)(O)[C@@H](O)C1CCC2C(CC3C4CCC5C(C)(C)[C@@H](OC6CNCCO6)CCC56C[C@@]46CC[C@]23C)O1.[HH]. The topological polar surface area (TPSA) is 80.2 Å². The largest absolute Gasteiger partial charge is 0.388 e. The minimum Gasteiger partial charge on any atom is -0.388 e. The summed E-state index contributed by atoms with van der Waals surface area (Å²) in [5.41, 5.74) is 0.473. The Morgan fingerprint density at radius 2 is 1.76 bits per heavy atom. The van der Waals surface area contributed by atoms with Crippen molar-refractivity contribution in [2.45, 2.75) is 135 Å². The van der Waals surface area contributed by atoms with Gasteiger partial charge in [-0.1, -0.05) is 20.8 Å². The maximum absolute atomic E-state index is 10.8. The number of fused-ring (bicyclic) bond motifs is 4. The molecule has 0 aromatic carbocycles. The highest BCUT2D eigenvalue weighted by atomic mass is 16.7. The summed E-state index contributed by atoms with van der Waals surface area (Å²) in [4.78, 5) is 0. The van der Waals surface area contributed by atoms with Crippen molar-refractivity contribution in [3.63, 3.8) is 0 Å². The molecule has 6 nitrogen and oxygen atoms in total. The van der Waals surface area contributed by atoms with Crippen LogP contribution in [0.3, 0.4) is 0 Å². The zero-order chi connectivity index (χ0) is 26.7. The number of hydrogen-bond donors (Lipinski definition) is 3. The third-order valence-corrected chi connectivity index (χ3v) is 13.8. The molecule has 12 atom stereocenters. The third-order valence-electron chi connectivity index (χ3n) is 13.8. The molecule has 5 aliphatic carbocycles. The lowest BCUT2D eigenvalue weighted by molar-refractivity contribution is -0.232. The molecule has 7 rings (SSSR count). The quantitative estimate of drug-likeness (QED) is 0.477. The van der Waals surface area contributed by atoms with Gasteiger partial charge in [0.2, 0.25) is 0 Å².